The molecule has 0 saturated heterocycles. The van der Waals surface area contributed by atoms with Gasteiger partial charge in [0.25, 0.3) is 0 Å². The number of hydrogen-bond donors (Lipinski definition) is 0. The SMILES string of the molecule is C=C(C)[C@@H]1CC[C@]2(C(=C)OC)CC[C@]3(C)C(CCC4[C@@]5(C)CCC(=NC)[C@@](C)(CC)[C@@H]5CC[C@]43C)C12. The Morgan fingerprint density at radius 2 is 1.64 bits per heavy atom. The van der Waals surface area contributed by atoms with Gasteiger partial charge in [-0.2, -0.15) is 0 Å². The molecule has 0 aromatic heterocycles. The molecular formula is C34H55NO. The normalized spacial score (nSPS) is 53.1. The molecule has 0 spiro atoms. The maximum Gasteiger partial charge on any atom is 0.0948 e. The maximum absolute atomic E-state index is 5.97. The molecule has 5 aliphatic rings. The highest BCUT2D eigenvalue weighted by atomic mass is 16.5. The highest BCUT2D eigenvalue weighted by Gasteiger charge is 2.71. The fraction of sp³-hybridized carbons (Fsp3) is 0.853. The summed E-state index contributed by atoms with van der Waals surface area (Å²) in [6.07, 6.45) is 14.4. The second-order valence-corrected chi connectivity index (χ2v) is 14.9. The van der Waals surface area contributed by atoms with Gasteiger partial charge >= 0.3 is 0 Å². The van der Waals surface area contributed by atoms with Crippen molar-refractivity contribution in [1.82, 2.24) is 0 Å². The van der Waals surface area contributed by atoms with Gasteiger partial charge in [0, 0.05) is 23.6 Å². The Balaban J connectivity index is 1.56. The van der Waals surface area contributed by atoms with Gasteiger partial charge in [-0.3, -0.25) is 4.99 Å². The molecule has 5 fully saturated rings. The standard InChI is InChI=1S/C34H55NO/c1-11-30(5)26-15-18-33(8)27(31(26,6)17-16-28(30)35-9)13-12-25-29-24(22(2)3)14-19-34(29,23(4)36-10)21-20-32(25,33)7/h24-27,29H,2,4,11-21H2,1,3,5-10H3/t24-,25?,26-,27?,29?,30-,31-,32+,33+,34+/m0/s1. The van der Waals surface area contributed by atoms with Crippen LogP contribution in [0.3, 0.4) is 0 Å². The lowest BCUT2D eigenvalue weighted by Gasteiger charge is -2.72. The Hall–Kier alpha value is -1.05. The van der Waals surface area contributed by atoms with E-state index in [0.29, 0.717) is 28.1 Å². The van der Waals surface area contributed by atoms with Crippen LogP contribution in [0.2, 0.25) is 0 Å². The van der Waals surface area contributed by atoms with Crippen LogP contribution in [0, 0.1) is 56.7 Å². The van der Waals surface area contributed by atoms with Crippen molar-refractivity contribution in [2.45, 2.75) is 112 Å². The first-order valence-corrected chi connectivity index (χ1v) is 15.2. The van der Waals surface area contributed by atoms with Gasteiger partial charge in [0.2, 0.25) is 0 Å². The van der Waals surface area contributed by atoms with Crippen molar-refractivity contribution in [2.24, 2.45) is 61.7 Å². The number of allylic oxidation sites excluding steroid dienone is 2. The van der Waals surface area contributed by atoms with Crippen molar-refractivity contribution in [3.63, 3.8) is 0 Å². The Bertz CT molecular complexity index is 964. The van der Waals surface area contributed by atoms with Crippen LogP contribution in [-0.2, 0) is 4.74 Å². The van der Waals surface area contributed by atoms with E-state index in [1.165, 1.54) is 81.9 Å². The van der Waals surface area contributed by atoms with Crippen LogP contribution in [0.15, 0.2) is 29.5 Å². The van der Waals surface area contributed by atoms with Gasteiger partial charge in [0.15, 0.2) is 0 Å². The van der Waals surface area contributed by atoms with E-state index < -0.39 is 0 Å². The third-order valence-corrected chi connectivity index (χ3v) is 14.5. The van der Waals surface area contributed by atoms with E-state index in [2.05, 4.69) is 54.7 Å². The molecule has 0 aromatic rings. The number of fused-ring (bicyclic) bond motifs is 7. The summed E-state index contributed by atoms with van der Waals surface area (Å²) in [5, 5.41) is 0. The van der Waals surface area contributed by atoms with Crippen molar-refractivity contribution in [3.8, 4) is 0 Å². The Kier molecular flexibility index (Phi) is 6.25. The van der Waals surface area contributed by atoms with E-state index in [1.54, 1.807) is 0 Å². The zero-order chi connectivity index (χ0) is 26.3. The molecule has 5 aliphatic carbocycles. The summed E-state index contributed by atoms with van der Waals surface area (Å²) in [4.78, 5) is 4.88. The molecule has 5 rings (SSSR count). The molecule has 0 amide bonds. The quantitative estimate of drug-likeness (QED) is 0.282. The third-order valence-electron chi connectivity index (χ3n) is 14.5. The first-order chi connectivity index (χ1) is 16.9. The van der Waals surface area contributed by atoms with Crippen molar-refractivity contribution in [2.75, 3.05) is 14.2 Å². The number of aliphatic imine (C=N–C) groups is 1. The van der Waals surface area contributed by atoms with Gasteiger partial charge in [-0.15, -0.1) is 0 Å². The third kappa shape index (κ3) is 3.05. The lowest BCUT2D eigenvalue weighted by Crippen LogP contribution is -2.66. The minimum atomic E-state index is 0.158. The van der Waals surface area contributed by atoms with Crippen LogP contribution in [0.25, 0.3) is 0 Å². The molecule has 36 heavy (non-hydrogen) atoms. The minimum Gasteiger partial charge on any atom is -0.501 e. The van der Waals surface area contributed by atoms with E-state index in [4.69, 9.17) is 9.73 Å². The molecule has 10 atom stereocenters. The molecule has 3 unspecified atom stereocenters. The predicted molar refractivity (Wildman–Crippen MR) is 153 cm³/mol. The van der Waals surface area contributed by atoms with Gasteiger partial charge in [0.05, 0.1) is 12.9 Å². The van der Waals surface area contributed by atoms with Crippen molar-refractivity contribution in [3.05, 3.63) is 24.5 Å². The number of nitrogens with zero attached hydrogens (tertiary/aromatic N) is 1. The van der Waals surface area contributed by atoms with Gasteiger partial charge in [0.1, 0.15) is 0 Å². The molecule has 2 heteroatoms. The van der Waals surface area contributed by atoms with Gasteiger partial charge in [-0.05, 0) is 123 Å². The lowest BCUT2D eigenvalue weighted by atomic mass is 9.32. The Labute approximate surface area is 222 Å². The van der Waals surface area contributed by atoms with Crippen LogP contribution in [0.1, 0.15) is 112 Å². The minimum absolute atomic E-state index is 0.158. The van der Waals surface area contributed by atoms with Crippen molar-refractivity contribution in [1.29, 1.82) is 0 Å². The van der Waals surface area contributed by atoms with E-state index in [-0.39, 0.29) is 10.8 Å². The molecule has 0 aromatic carbocycles. The van der Waals surface area contributed by atoms with Crippen molar-refractivity contribution >= 4 is 5.71 Å². The van der Waals surface area contributed by atoms with Gasteiger partial charge < -0.3 is 4.74 Å². The van der Waals surface area contributed by atoms with Crippen molar-refractivity contribution < 1.29 is 4.74 Å². The van der Waals surface area contributed by atoms with Crippen LogP contribution < -0.4 is 0 Å². The highest BCUT2D eigenvalue weighted by molar-refractivity contribution is 5.91. The first-order valence-electron chi connectivity index (χ1n) is 15.2. The smallest absolute Gasteiger partial charge is 0.0948 e. The molecule has 0 heterocycles. The summed E-state index contributed by atoms with van der Waals surface area (Å²) < 4.78 is 5.97. The molecule has 0 aliphatic heterocycles. The zero-order valence-electron chi connectivity index (χ0n) is 24.9. The molecule has 0 radical (unpaired) electrons. The molecule has 2 nitrogen and oxygen atoms in total. The van der Waals surface area contributed by atoms with E-state index in [9.17, 15) is 0 Å². The fourth-order valence-corrected chi connectivity index (χ4v) is 12.3. The largest absolute Gasteiger partial charge is 0.501 e. The highest BCUT2D eigenvalue weighted by Crippen LogP contribution is 2.78. The second-order valence-electron chi connectivity index (χ2n) is 14.9. The second kappa shape index (κ2) is 8.47. The summed E-state index contributed by atoms with van der Waals surface area (Å²) in [5.74, 6) is 4.67. The van der Waals surface area contributed by atoms with Gasteiger partial charge in [-0.1, -0.05) is 53.3 Å². The number of methoxy groups -OCH3 is 1. The number of ether oxygens (including phenoxy) is 1. The molecular weight excluding hydrogens is 438 g/mol. The summed E-state index contributed by atoms with van der Waals surface area (Å²) in [5.41, 5.74) is 4.54. The fourth-order valence-electron chi connectivity index (χ4n) is 12.3. The zero-order valence-corrected chi connectivity index (χ0v) is 24.9. The monoisotopic (exact) mass is 493 g/mol. The van der Waals surface area contributed by atoms with Crippen LogP contribution in [0.4, 0.5) is 0 Å². The molecule has 0 N–H and O–H groups in total. The van der Waals surface area contributed by atoms with E-state index >= 15 is 0 Å². The number of rotatable bonds is 4. The summed E-state index contributed by atoms with van der Waals surface area (Å²) >= 11 is 0. The van der Waals surface area contributed by atoms with Crippen LogP contribution in [0.5, 0.6) is 0 Å². The Morgan fingerprint density at radius 3 is 2.25 bits per heavy atom. The summed E-state index contributed by atoms with van der Waals surface area (Å²) in [6, 6.07) is 0. The molecule has 0 bridgehead atoms. The Morgan fingerprint density at radius 1 is 0.917 bits per heavy atom. The topological polar surface area (TPSA) is 21.6 Å². The van der Waals surface area contributed by atoms with E-state index in [1.807, 2.05) is 14.2 Å². The lowest BCUT2D eigenvalue weighted by molar-refractivity contribution is -0.228. The van der Waals surface area contributed by atoms with Crippen LogP contribution >= 0.6 is 0 Å². The average molecular weight is 494 g/mol. The average Bonchev–Trinajstić information content (AvgIpc) is 3.25. The summed E-state index contributed by atoms with van der Waals surface area (Å²) in [7, 11) is 3.91. The summed E-state index contributed by atoms with van der Waals surface area (Å²) in [6.45, 7) is 24.5. The van der Waals surface area contributed by atoms with Gasteiger partial charge in [-0.25, -0.2) is 0 Å². The maximum atomic E-state index is 5.97. The van der Waals surface area contributed by atoms with E-state index in [0.717, 1.165) is 23.5 Å². The molecule has 202 valence electrons. The number of hydrogen-bond acceptors (Lipinski definition) is 2. The van der Waals surface area contributed by atoms with Crippen LogP contribution in [-0.4, -0.2) is 19.9 Å². The predicted octanol–water partition coefficient (Wildman–Crippen LogP) is 9.27. The first kappa shape index (κ1) is 26.6. The molecule has 5 saturated carbocycles.